The van der Waals surface area contributed by atoms with E-state index in [1.165, 1.54) is 5.56 Å². The van der Waals surface area contributed by atoms with Crippen molar-refractivity contribution in [2.24, 2.45) is 0 Å². The van der Waals surface area contributed by atoms with Gasteiger partial charge in [0.25, 0.3) is 0 Å². The summed E-state index contributed by atoms with van der Waals surface area (Å²) in [5.74, 6) is 1.72. The van der Waals surface area contributed by atoms with E-state index in [0.29, 0.717) is 6.61 Å². The number of hydrogen-bond donors (Lipinski definition) is 0. The van der Waals surface area contributed by atoms with Crippen molar-refractivity contribution >= 4 is 15.9 Å². The van der Waals surface area contributed by atoms with Gasteiger partial charge in [0.15, 0.2) is 11.5 Å². The van der Waals surface area contributed by atoms with Gasteiger partial charge in [-0.05, 0) is 37.6 Å². The lowest BCUT2D eigenvalue weighted by molar-refractivity contribution is 0.131. The second kappa shape index (κ2) is 5.13. The average Bonchev–Trinajstić information content (AvgIpc) is 2.71. The Labute approximate surface area is 127 Å². The van der Waals surface area contributed by atoms with E-state index in [0.717, 1.165) is 28.0 Å². The molecule has 0 amide bonds. The van der Waals surface area contributed by atoms with Crippen LogP contribution < -0.4 is 9.47 Å². The number of ether oxygens (including phenoxy) is 2. The van der Waals surface area contributed by atoms with Gasteiger partial charge in [-0.1, -0.05) is 40.2 Å². The Balaban J connectivity index is 1.78. The van der Waals surface area contributed by atoms with Gasteiger partial charge in [0.05, 0.1) is 0 Å². The summed E-state index contributed by atoms with van der Waals surface area (Å²) in [7, 11) is 0. The minimum atomic E-state index is -0.141. The topological polar surface area (TPSA) is 18.5 Å². The number of rotatable bonds is 3. The van der Waals surface area contributed by atoms with Crippen molar-refractivity contribution < 1.29 is 9.47 Å². The van der Waals surface area contributed by atoms with Gasteiger partial charge in [0, 0.05) is 16.5 Å². The van der Waals surface area contributed by atoms with Crippen LogP contribution in [0.5, 0.6) is 11.5 Å². The van der Waals surface area contributed by atoms with E-state index in [1.807, 2.05) is 24.3 Å². The van der Waals surface area contributed by atoms with Gasteiger partial charge < -0.3 is 9.47 Å². The lowest BCUT2D eigenvalue weighted by Gasteiger charge is -2.18. The highest BCUT2D eigenvalue weighted by Crippen LogP contribution is 2.41. The van der Waals surface area contributed by atoms with Crippen molar-refractivity contribution in [3.05, 3.63) is 58.1 Å². The monoisotopic (exact) mass is 332 g/mol. The SMILES string of the molecule is CC1(C)Cc2cccc(OCc3cccc(Br)c3)c2O1. The van der Waals surface area contributed by atoms with Crippen LogP contribution in [0.2, 0.25) is 0 Å². The Hall–Kier alpha value is -1.48. The largest absolute Gasteiger partial charge is 0.485 e. The molecular formula is C17H17BrO2. The minimum Gasteiger partial charge on any atom is -0.485 e. The molecule has 0 bridgehead atoms. The maximum Gasteiger partial charge on any atom is 0.165 e. The second-order valence-corrected chi connectivity index (χ2v) is 6.62. The third kappa shape index (κ3) is 2.83. The molecule has 2 nitrogen and oxygen atoms in total. The van der Waals surface area contributed by atoms with Gasteiger partial charge >= 0.3 is 0 Å². The maximum atomic E-state index is 6.00. The zero-order valence-electron chi connectivity index (χ0n) is 11.7. The van der Waals surface area contributed by atoms with Crippen LogP contribution in [-0.4, -0.2) is 5.60 Å². The summed E-state index contributed by atoms with van der Waals surface area (Å²) in [6, 6.07) is 14.2. The lowest BCUT2D eigenvalue weighted by atomic mass is 10.0. The first-order valence-corrected chi connectivity index (χ1v) is 7.51. The number of benzene rings is 2. The van der Waals surface area contributed by atoms with E-state index in [2.05, 4.69) is 48.0 Å². The van der Waals surface area contributed by atoms with Crippen molar-refractivity contribution in [2.45, 2.75) is 32.5 Å². The summed E-state index contributed by atoms with van der Waals surface area (Å²) < 4.78 is 13.0. The van der Waals surface area contributed by atoms with E-state index >= 15 is 0 Å². The number of fused-ring (bicyclic) bond motifs is 1. The summed E-state index contributed by atoms with van der Waals surface area (Å²) in [5.41, 5.74) is 2.22. The third-order valence-corrected chi connectivity index (χ3v) is 3.83. The molecule has 0 fully saturated rings. The Morgan fingerprint density at radius 3 is 2.80 bits per heavy atom. The van der Waals surface area contributed by atoms with E-state index in [4.69, 9.17) is 9.47 Å². The fourth-order valence-electron chi connectivity index (χ4n) is 2.49. The number of halogens is 1. The van der Waals surface area contributed by atoms with Crippen LogP contribution in [0.4, 0.5) is 0 Å². The molecule has 0 unspecified atom stereocenters. The quantitative estimate of drug-likeness (QED) is 0.808. The molecule has 0 N–H and O–H groups in total. The molecular weight excluding hydrogens is 316 g/mol. The van der Waals surface area contributed by atoms with E-state index < -0.39 is 0 Å². The predicted molar refractivity (Wildman–Crippen MR) is 83.3 cm³/mol. The molecule has 2 aromatic carbocycles. The average molecular weight is 333 g/mol. The molecule has 1 aliphatic rings. The van der Waals surface area contributed by atoms with Gasteiger partial charge in [-0.3, -0.25) is 0 Å². The highest BCUT2D eigenvalue weighted by atomic mass is 79.9. The molecule has 0 atom stereocenters. The normalized spacial score (nSPS) is 15.6. The highest BCUT2D eigenvalue weighted by Gasteiger charge is 2.32. The van der Waals surface area contributed by atoms with Crippen LogP contribution in [0.15, 0.2) is 46.9 Å². The zero-order chi connectivity index (χ0) is 14.2. The Bertz CT molecular complexity index is 635. The summed E-state index contributed by atoms with van der Waals surface area (Å²) in [6.45, 7) is 4.75. The molecule has 0 aliphatic carbocycles. The molecule has 20 heavy (non-hydrogen) atoms. The smallest absolute Gasteiger partial charge is 0.165 e. The molecule has 3 heteroatoms. The van der Waals surface area contributed by atoms with Crippen molar-refractivity contribution in [1.29, 1.82) is 0 Å². The summed E-state index contributed by atoms with van der Waals surface area (Å²) in [6.07, 6.45) is 0.927. The van der Waals surface area contributed by atoms with Crippen LogP contribution in [0.1, 0.15) is 25.0 Å². The zero-order valence-corrected chi connectivity index (χ0v) is 13.2. The standard InChI is InChI=1S/C17H17BrO2/c1-17(2)10-13-6-4-8-15(16(13)20-17)19-11-12-5-3-7-14(18)9-12/h3-9H,10-11H2,1-2H3. The summed E-state index contributed by atoms with van der Waals surface area (Å²) in [4.78, 5) is 0. The lowest BCUT2D eigenvalue weighted by Crippen LogP contribution is -2.24. The molecule has 0 saturated heterocycles. The molecule has 3 rings (SSSR count). The van der Waals surface area contributed by atoms with E-state index in [9.17, 15) is 0 Å². The first-order valence-electron chi connectivity index (χ1n) is 6.72. The predicted octanol–water partition coefficient (Wildman–Crippen LogP) is 4.74. The van der Waals surface area contributed by atoms with Crippen LogP contribution in [-0.2, 0) is 13.0 Å². The van der Waals surface area contributed by atoms with Crippen LogP contribution >= 0.6 is 15.9 Å². The second-order valence-electron chi connectivity index (χ2n) is 5.70. The van der Waals surface area contributed by atoms with Gasteiger partial charge in [0.1, 0.15) is 12.2 Å². The highest BCUT2D eigenvalue weighted by molar-refractivity contribution is 9.10. The van der Waals surface area contributed by atoms with E-state index in [-0.39, 0.29) is 5.60 Å². The third-order valence-electron chi connectivity index (χ3n) is 3.34. The minimum absolute atomic E-state index is 0.141. The molecule has 0 spiro atoms. The van der Waals surface area contributed by atoms with E-state index in [1.54, 1.807) is 0 Å². The molecule has 0 saturated carbocycles. The van der Waals surface area contributed by atoms with Crippen molar-refractivity contribution in [3.8, 4) is 11.5 Å². The van der Waals surface area contributed by atoms with Crippen molar-refractivity contribution in [3.63, 3.8) is 0 Å². The van der Waals surface area contributed by atoms with Crippen molar-refractivity contribution in [1.82, 2.24) is 0 Å². The van der Waals surface area contributed by atoms with Crippen LogP contribution in [0.3, 0.4) is 0 Å². The van der Waals surface area contributed by atoms with Crippen LogP contribution in [0.25, 0.3) is 0 Å². The Morgan fingerprint density at radius 2 is 2.00 bits per heavy atom. The van der Waals surface area contributed by atoms with Gasteiger partial charge in [-0.2, -0.15) is 0 Å². The first kappa shape index (κ1) is 13.5. The van der Waals surface area contributed by atoms with Gasteiger partial charge in [0.2, 0.25) is 0 Å². The summed E-state index contributed by atoms with van der Waals surface area (Å²) >= 11 is 3.47. The number of hydrogen-bond acceptors (Lipinski definition) is 2. The molecule has 0 radical (unpaired) electrons. The maximum absolute atomic E-state index is 6.00. The molecule has 1 heterocycles. The molecule has 0 aromatic heterocycles. The fourth-order valence-corrected chi connectivity index (χ4v) is 2.94. The Morgan fingerprint density at radius 1 is 1.20 bits per heavy atom. The van der Waals surface area contributed by atoms with Gasteiger partial charge in [-0.15, -0.1) is 0 Å². The first-order chi connectivity index (χ1) is 9.53. The summed E-state index contributed by atoms with van der Waals surface area (Å²) in [5, 5.41) is 0. The molecule has 104 valence electrons. The molecule has 2 aromatic rings. The van der Waals surface area contributed by atoms with Gasteiger partial charge in [-0.25, -0.2) is 0 Å². The number of para-hydroxylation sites is 1. The van der Waals surface area contributed by atoms with Crippen LogP contribution in [0, 0.1) is 0 Å². The van der Waals surface area contributed by atoms with Crippen molar-refractivity contribution in [2.75, 3.05) is 0 Å². The fraction of sp³-hybridized carbons (Fsp3) is 0.294. The Kier molecular flexibility index (Phi) is 3.47. The molecule has 1 aliphatic heterocycles.